The second-order valence-electron chi connectivity index (χ2n) is 8.67. The van der Waals surface area contributed by atoms with Crippen LogP contribution in [-0.4, -0.2) is 49.1 Å². The van der Waals surface area contributed by atoms with E-state index < -0.39 is 0 Å². The van der Waals surface area contributed by atoms with E-state index in [1.54, 1.807) is 13.0 Å². The minimum absolute atomic E-state index is 0.0330. The highest BCUT2D eigenvalue weighted by atomic mass is 16.6. The predicted octanol–water partition coefficient (Wildman–Crippen LogP) is 3.43. The molecule has 7 nitrogen and oxygen atoms in total. The van der Waals surface area contributed by atoms with E-state index in [0.717, 1.165) is 11.0 Å². The lowest BCUT2D eigenvalue weighted by Crippen LogP contribution is -2.47. The molecule has 2 aromatic carbocycles. The minimum atomic E-state index is -0.368. The van der Waals surface area contributed by atoms with Crippen molar-refractivity contribution in [3.05, 3.63) is 53.6 Å². The van der Waals surface area contributed by atoms with Crippen LogP contribution in [0.15, 0.2) is 42.5 Å². The van der Waals surface area contributed by atoms with Crippen LogP contribution in [0.3, 0.4) is 0 Å². The average Bonchev–Trinajstić information content (AvgIpc) is 3.12. The molecule has 32 heavy (non-hydrogen) atoms. The van der Waals surface area contributed by atoms with Crippen LogP contribution in [0, 0.1) is 5.41 Å². The van der Waals surface area contributed by atoms with Gasteiger partial charge in [0, 0.05) is 18.6 Å². The number of esters is 1. The van der Waals surface area contributed by atoms with E-state index >= 15 is 0 Å². The van der Waals surface area contributed by atoms with Crippen LogP contribution in [-0.2, 0) is 20.6 Å². The number of para-hydroxylation sites is 1. The third-order valence-electron chi connectivity index (χ3n) is 5.34. The quantitative estimate of drug-likeness (QED) is 0.418. The summed E-state index contributed by atoms with van der Waals surface area (Å²) >= 11 is 0. The van der Waals surface area contributed by atoms with Crippen molar-refractivity contribution in [2.75, 3.05) is 26.4 Å². The molecule has 0 radical (unpaired) electrons. The van der Waals surface area contributed by atoms with E-state index in [0.29, 0.717) is 55.6 Å². The van der Waals surface area contributed by atoms with E-state index in [2.05, 4.69) is 18.8 Å². The standard InChI is InChI=1S/C24H29BN2O5/c1-5-29-22(28)19-8-7-9-20-21(19)27(23(26-20)30-6-2)14-17-10-12-18(13-11-17)25-31-15-24(3,4)16-32-25/h7-13H,5-6,14-16H2,1-4H3. The lowest BCUT2D eigenvalue weighted by atomic mass is 9.76. The molecule has 1 aromatic heterocycles. The molecule has 3 aromatic rings. The number of rotatable bonds is 7. The number of nitrogens with zero attached hydrogens (tertiary/aromatic N) is 2. The molecule has 1 fully saturated rings. The number of fused-ring (bicyclic) bond motifs is 1. The van der Waals surface area contributed by atoms with Gasteiger partial charge in [-0.25, -0.2) is 4.79 Å². The number of imidazole rings is 1. The number of carbonyl (C=O) groups is 1. The molecule has 0 amide bonds. The van der Waals surface area contributed by atoms with Gasteiger partial charge >= 0.3 is 13.1 Å². The number of aromatic nitrogens is 2. The topological polar surface area (TPSA) is 71.8 Å². The fourth-order valence-corrected chi connectivity index (χ4v) is 3.77. The van der Waals surface area contributed by atoms with Crippen LogP contribution in [0.2, 0.25) is 0 Å². The first-order valence-corrected chi connectivity index (χ1v) is 11.0. The lowest BCUT2D eigenvalue weighted by molar-refractivity contribution is 0.0343. The second-order valence-corrected chi connectivity index (χ2v) is 8.67. The van der Waals surface area contributed by atoms with Gasteiger partial charge in [-0.2, -0.15) is 4.98 Å². The Kier molecular flexibility index (Phi) is 6.53. The summed E-state index contributed by atoms with van der Waals surface area (Å²) in [6, 6.07) is 14.0. The fourth-order valence-electron chi connectivity index (χ4n) is 3.77. The van der Waals surface area contributed by atoms with E-state index in [4.69, 9.17) is 18.8 Å². The highest BCUT2D eigenvalue weighted by Crippen LogP contribution is 2.27. The lowest BCUT2D eigenvalue weighted by Gasteiger charge is -2.33. The Morgan fingerprint density at radius 3 is 2.47 bits per heavy atom. The summed E-state index contributed by atoms with van der Waals surface area (Å²) < 4.78 is 24.8. The van der Waals surface area contributed by atoms with Crippen molar-refractivity contribution in [1.29, 1.82) is 0 Å². The molecule has 0 atom stereocenters. The summed E-state index contributed by atoms with van der Waals surface area (Å²) in [5.74, 6) is -0.368. The summed E-state index contributed by atoms with van der Waals surface area (Å²) in [5, 5.41) is 0. The highest BCUT2D eigenvalue weighted by molar-refractivity contribution is 6.61. The van der Waals surface area contributed by atoms with Crippen molar-refractivity contribution in [2.24, 2.45) is 5.41 Å². The Hall–Kier alpha value is -2.84. The van der Waals surface area contributed by atoms with Gasteiger partial charge in [0.15, 0.2) is 0 Å². The molecule has 168 valence electrons. The maximum absolute atomic E-state index is 12.6. The zero-order valence-electron chi connectivity index (χ0n) is 19.1. The molecule has 0 unspecified atom stereocenters. The maximum Gasteiger partial charge on any atom is 0.493 e. The molecule has 0 spiro atoms. The van der Waals surface area contributed by atoms with E-state index in [-0.39, 0.29) is 18.5 Å². The van der Waals surface area contributed by atoms with E-state index in [1.807, 2.05) is 47.9 Å². The van der Waals surface area contributed by atoms with Crippen molar-refractivity contribution in [2.45, 2.75) is 34.2 Å². The molecule has 0 saturated carbocycles. The van der Waals surface area contributed by atoms with Crippen LogP contribution in [0.5, 0.6) is 6.01 Å². The van der Waals surface area contributed by atoms with Gasteiger partial charge < -0.3 is 18.8 Å². The third kappa shape index (κ3) is 4.66. The van der Waals surface area contributed by atoms with Gasteiger partial charge in [-0.3, -0.25) is 4.57 Å². The van der Waals surface area contributed by atoms with Gasteiger partial charge in [0.05, 0.1) is 36.4 Å². The Bertz CT molecular complexity index is 1080. The van der Waals surface area contributed by atoms with Crippen LogP contribution in [0.4, 0.5) is 0 Å². The van der Waals surface area contributed by atoms with Gasteiger partial charge in [0.2, 0.25) is 0 Å². The summed E-state index contributed by atoms with van der Waals surface area (Å²) in [4.78, 5) is 17.2. The smallest absolute Gasteiger partial charge is 0.465 e. The minimum Gasteiger partial charge on any atom is -0.465 e. The fraction of sp³-hybridized carbons (Fsp3) is 0.417. The Morgan fingerprint density at radius 2 is 1.81 bits per heavy atom. The first-order valence-electron chi connectivity index (χ1n) is 11.0. The normalized spacial score (nSPS) is 15.7. The number of benzene rings is 2. The molecule has 4 rings (SSSR count). The molecule has 2 heterocycles. The SMILES string of the molecule is CCOC(=O)c1cccc2nc(OCC)n(Cc3ccc(B4OCC(C)(C)CO4)cc3)c12. The average molecular weight is 436 g/mol. The molecular weight excluding hydrogens is 407 g/mol. The monoisotopic (exact) mass is 436 g/mol. The maximum atomic E-state index is 12.6. The van der Waals surface area contributed by atoms with Crippen LogP contribution in [0.25, 0.3) is 11.0 Å². The van der Waals surface area contributed by atoms with Crippen LogP contribution < -0.4 is 10.2 Å². The van der Waals surface area contributed by atoms with Crippen molar-refractivity contribution < 1.29 is 23.6 Å². The molecule has 0 N–H and O–H groups in total. The van der Waals surface area contributed by atoms with Crippen LogP contribution >= 0.6 is 0 Å². The molecule has 1 saturated heterocycles. The van der Waals surface area contributed by atoms with Crippen LogP contribution in [0.1, 0.15) is 43.6 Å². The summed E-state index contributed by atoms with van der Waals surface area (Å²) in [7, 11) is -0.347. The number of hydrogen-bond donors (Lipinski definition) is 0. The van der Waals surface area contributed by atoms with Crippen molar-refractivity contribution >= 4 is 29.6 Å². The van der Waals surface area contributed by atoms with Gasteiger partial charge in [0.25, 0.3) is 6.01 Å². The predicted molar refractivity (Wildman–Crippen MR) is 123 cm³/mol. The number of hydrogen-bond acceptors (Lipinski definition) is 6. The van der Waals surface area contributed by atoms with Crippen molar-refractivity contribution in [1.82, 2.24) is 9.55 Å². The zero-order chi connectivity index (χ0) is 22.7. The highest BCUT2D eigenvalue weighted by Gasteiger charge is 2.33. The Morgan fingerprint density at radius 1 is 1.09 bits per heavy atom. The Balaban J connectivity index is 1.63. The van der Waals surface area contributed by atoms with Gasteiger partial charge in [-0.05, 0) is 37.0 Å². The zero-order valence-corrected chi connectivity index (χ0v) is 19.1. The number of ether oxygens (including phenoxy) is 2. The summed E-state index contributed by atoms with van der Waals surface area (Å²) in [6.45, 7) is 10.6. The van der Waals surface area contributed by atoms with Gasteiger partial charge in [0.1, 0.15) is 0 Å². The molecule has 0 bridgehead atoms. The molecule has 1 aliphatic heterocycles. The Labute approximate surface area is 188 Å². The molecule has 1 aliphatic rings. The molecular formula is C24H29BN2O5. The van der Waals surface area contributed by atoms with E-state index in [9.17, 15) is 4.79 Å². The van der Waals surface area contributed by atoms with Gasteiger partial charge in [-0.15, -0.1) is 0 Å². The largest absolute Gasteiger partial charge is 0.493 e. The third-order valence-corrected chi connectivity index (χ3v) is 5.34. The second kappa shape index (κ2) is 9.34. The van der Waals surface area contributed by atoms with Crippen molar-refractivity contribution in [3.8, 4) is 6.01 Å². The summed E-state index contributed by atoms with van der Waals surface area (Å²) in [6.07, 6.45) is 0. The number of carbonyl (C=O) groups excluding carboxylic acids is 1. The first-order chi connectivity index (χ1) is 15.4. The summed E-state index contributed by atoms with van der Waals surface area (Å²) in [5.41, 5.74) is 3.94. The molecule has 0 aliphatic carbocycles. The van der Waals surface area contributed by atoms with E-state index in [1.165, 1.54) is 0 Å². The van der Waals surface area contributed by atoms with Gasteiger partial charge in [-0.1, -0.05) is 44.2 Å². The first kappa shape index (κ1) is 22.4. The molecule has 8 heteroatoms. The van der Waals surface area contributed by atoms with Crippen molar-refractivity contribution in [3.63, 3.8) is 0 Å².